The van der Waals surface area contributed by atoms with E-state index in [1.807, 2.05) is 29.2 Å². The predicted octanol–water partition coefficient (Wildman–Crippen LogP) is 4.22. The largest absolute Gasteiger partial charge is 0.414 e. The van der Waals surface area contributed by atoms with Crippen LogP contribution in [0.2, 0.25) is 5.02 Å². The van der Waals surface area contributed by atoms with Crippen LogP contribution in [-0.4, -0.2) is 38.8 Å². The molecule has 1 aliphatic heterocycles. The van der Waals surface area contributed by atoms with Crippen molar-refractivity contribution in [3.8, 4) is 0 Å². The molecule has 1 aromatic carbocycles. The van der Waals surface area contributed by atoms with Crippen molar-refractivity contribution >= 4 is 35.0 Å². The first-order valence-corrected chi connectivity index (χ1v) is 10.1. The minimum Gasteiger partial charge on any atom is -0.414 e. The van der Waals surface area contributed by atoms with Gasteiger partial charge in [-0.1, -0.05) is 23.4 Å². The third-order valence-corrected chi connectivity index (χ3v) is 5.59. The summed E-state index contributed by atoms with van der Waals surface area (Å²) in [5.41, 5.74) is 0.921. The quantitative estimate of drug-likeness (QED) is 0.739. The molecule has 1 aliphatic rings. The number of nitrogens with zero attached hydrogens (tertiary/aromatic N) is 3. The van der Waals surface area contributed by atoms with Gasteiger partial charge in [-0.25, -0.2) is 0 Å². The van der Waals surface area contributed by atoms with Crippen LogP contribution in [0, 0.1) is 0 Å². The van der Waals surface area contributed by atoms with Crippen LogP contribution in [0.3, 0.4) is 0 Å². The first kappa shape index (κ1) is 19.0. The Morgan fingerprint density at radius 2 is 1.96 bits per heavy atom. The fourth-order valence-electron chi connectivity index (χ4n) is 3.22. The molecule has 2 atom stereocenters. The van der Waals surface area contributed by atoms with Crippen LogP contribution in [0.15, 0.2) is 33.9 Å². The molecule has 140 valence electrons. The maximum absolute atomic E-state index is 12.5. The zero-order valence-corrected chi connectivity index (χ0v) is 16.5. The molecule has 0 aliphatic carbocycles. The first-order chi connectivity index (χ1) is 12.5. The molecule has 0 saturated carbocycles. The summed E-state index contributed by atoms with van der Waals surface area (Å²) in [4.78, 5) is 14.5. The van der Waals surface area contributed by atoms with Crippen LogP contribution < -0.4 is 5.32 Å². The second kappa shape index (κ2) is 8.77. The number of carbonyl (C=O) groups excluding carboxylic acids is 1. The number of nitrogens with one attached hydrogen (secondary N) is 1. The lowest BCUT2D eigenvalue weighted by Crippen LogP contribution is -2.48. The van der Waals surface area contributed by atoms with Crippen LogP contribution in [0.1, 0.15) is 39.0 Å². The third-order valence-electron chi connectivity index (χ3n) is 4.54. The number of rotatable bonds is 6. The zero-order chi connectivity index (χ0) is 18.5. The molecule has 0 bridgehead atoms. The van der Waals surface area contributed by atoms with Gasteiger partial charge in [0, 0.05) is 22.8 Å². The predicted molar refractivity (Wildman–Crippen MR) is 103 cm³/mol. The number of benzene rings is 1. The number of amides is 1. The average molecular weight is 395 g/mol. The van der Waals surface area contributed by atoms with E-state index in [2.05, 4.69) is 29.4 Å². The van der Waals surface area contributed by atoms with Crippen molar-refractivity contribution < 1.29 is 9.21 Å². The fraction of sp³-hybridized carbons (Fsp3) is 0.500. The lowest BCUT2D eigenvalue weighted by Gasteiger charge is -2.39. The smallest absolute Gasteiger partial charge is 0.277 e. The normalized spacial score (nSPS) is 20.2. The molecule has 0 radical (unpaired) electrons. The van der Waals surface area contributed by atoms with Crippen molar-refractivity contribution in [1.29, 1.82) is 0 Å². The molecular weight excluding hydrogens is 372 g/mol. The maximum Gasteiger partial charge on any atom is 0.277 e. The van der Waals surface area contributed by atoms with Gasteiger partial charge in [0.05, 0.1) is 12.3 Å². The Bertz CT molecular complexity index is 727. The Morgan fingerprint density at radius 1 is 1.27 bits per heavy atom. The molecule has 1 aromatic heterocycles. The first-order valence-electron chi connectivity index (χ1n) is 8.78. The molecule has 3 rings (SSSR count). The molecule has 1 amide bonds. The molecular formula is C18H23ClN4O2S. The highest BCUT2D eigenvalue weighted by Crippen LogP contribution is 2.25. The molecule has 1 saturated heterocycles. The number of hydrogen-bond acceptors (Lipinski definition) is 6. The molecule has 2 unspecified atom stereocenters. The van der Waals surface area contributed by atoms with E-state index in [1.165, 1.54) is 18.2 Å². The van der Waals surface area contributed by atoms with Gasteiger partial charge < -0.3 is 14.6 Å². The van der Waals surface area contributed by atoms with Crippen molar-refractivity contribution in [2.24, 2.45) is 0 Å². The van der Waals surface area contributed by atoms with Crippen molar-refractivity contribution in [3.63, 3.8) is 0 Å². The number of likely N-dealkylation sites (tertiary alicyclic amines) is 1. The van der Waals surface area contributed by atoms with Gasteiger partial charge in [0.2, 0.25) is 11.8 Å². The minimum atomic E-state index is 0.133. The molecule has 2 heterocycles. The molecule has 6 nitrogen and oxygen atoms in total. The Hall–Kier alpha value is -1.73. The van der Waals surface area contributed by atoms with Gasteiger partial charge in [-0.2, -0.15) is 0 Å². The van der Waals surface area contributed by atoms with E-state index in [1.54, 1.807) is 0 Å². The van der Waals surface area contributed by atoms with Gasteiger partial charge in [-0.3, -0.25) is 4.79 Å². The highest BCUT2D eigenvalue weighted by atomic mass is 35.5. The van der Waals surface area contributed by atoms with Crippen LogP contribution in [0.5, 0.6) is 0 Å². The second-order valence-corrected chi connectivity index (χ2v) is 7.90. The zero-order valence-electron chi connectivity index (χ0n) is 14.9. The fourth-order valence-corrected chi connectivity index (χ4v) is 4.00. The molecule has 2 aromatic rings. The minimum absolute atomic E-state index is 0.133. The highest BCUT2D eigenvalue weighted by molar-refractivity contribution is 7.99. The monoisotopic (exact) mass is 394 g/mol. The average Bonchev–Trinajstić information content (AvgIpc) is 3.07. The van der Waals surface area contributed by atoms with Gasteiger partial charge in [0.1, 0.15) is 0 Å². The number of carbonyl (C=O) groups is 1. The second-order valence-electron chi connectivity index (χ2n) is 6.54. The summed E-state index contributed by atoms with van der Waals surface area (Å²) in [6, 6.07) is 7.99. The standard InChI is InChI=1S/C18H23ClN4O2S/c1-12-4-3-5-13(2)23(12)17(24)11-26-18-22-21-16(25-18)10-20-15-8-6-14(19)7-9-15/h6-9,12-13,20H,3-5,10-11H2,1-2H3. The van der Waals surface area contributed by atoms with Crippen molar-refractivity contribution in [1.82, 2.24) is 15.1 Å². The van der Waals surface area contributed by atoms with Crippen molar-refractivity contribution in [2.75, 3.05) is 11.1 Å². The van der Waals surface area contributed by atoms with Crippen LogP contribution in [-0.2, 0) is 11.3 Å². The van der Waals surface area contributed by atoms with E-state index >= 15 is 0 Å². The van der Waals surface area contributed by atoms with E-state index in [0.29, 0.717) is 40.5 Å². The van der Waals surface area contributed by atoms with E-state index < -0.39 is 0 Å². The van der Waals surface area contributed by atoms with E-state index in [-0.39, 0.29) is 5.91 Å². The highest BCUT2D eigenvalue weighted by Gasteiger charge is 2.29. The Balaban J connectivity index is 1.48. The van der Waals surface area contributed by atoms with Gasteiger partial charge in [-0.15, -0.1) is 10.2 Å². The van der Waals surface area contributed by atoms with Gasteiger partial charge in [0.15, 0.2) is 0 Å². The number of halogens is 1. The Morgan fingerprint density at radius 3 is 2.65 bits per heavy atom. The van der Waals surface area contributed by atoms with E-state index in [4.69, 9.17) is 16.0 Å². The van der Waals surface area contributed by atoms with E-state index in [9.17, 15) is 4.79 Å². The van der Waals surface area contributed by atoms with Gasteiger partial charge >= 0.3 is 0 Å². The number of piperidine rings is 1. The van der Waals surface area contributed by atoms with Gasteiger partial charge in [0.25, 0.3) is 5.22 Å². The summed E-state index contributed by atoms with van der Waals surface area (Å²) in [5.74, 6) is 0.935. The van der Waals surface area contributed by atoms with Crippen LogP contribution in [0.25, 0.3) is 0 Å². The Labute approximate surface area is 162 Å². The number of hydrogen-bond donors (Lipinski definition) is 1. The third kappa shape index (κ3) is 4.92. The lowest BCUT2D eigenvalue weighted by molar-refractivity contribution is -0.134. The van der Waals surface area contributed by atoms with Crippen LogP contribution in [0.4, 0.5) is 5.69 Å². The van der Waals surface area contributed by atoms with Crippen molar-refractivity contribution in [2.45, 2.75) is 57.0 Å². The topological polar surface area (TPSA) is 71.3 Å². The molecule has 1 fully saturated rings. The van der Waals surface area contributed by atoms with Gasteiger partial charge in [-0.05, 0) is 57.4 Å². The molecule has 0 spiro atoms. The van der Waals surface area contributed by atoms with Crippen LogP contribution >= 0.6 is 23.4 Å². The summed E-state index contributed by atoms with van der Waals surface area (Å²) in [6.07, 6.45) is 3.33. The number of thioether (sulfide) groups is 1. The number of anilines is 1. The summed E-state index contributed by atoms with van der Waals surface area (Å²) in [6.45, 7) is 4.65. The summed E-state index contributed by atoms with van der Waals surface area (Å²) >= 11 is 7.16. The Kier molecular flexibility index (Phi) is 6.43. The van der Waals surface area contributed by atoms with Crippen molar-refractivity contribution in [3.05, 3.63) is 35.2 Å². The van der Waals surface area contributed by atoms with E-state index in [0.717, 1.165) is 18.5 Å². The molecule has 1 N–H and O–H groups in total. The molecule has 8 heteroatoms. The molecule has 26 heavy (non-hydrogen) atoms. The summed E-state index contributed by atoms with van der Waals surface area (Å²) < 4.78 is 5.60. The maximum atomic E-state index is 12.5. The summed E-state index contributed by atoms with van der Waals surface area (Å²) in [5, 5.41) is 12.3. The number of aromatic nitrogens is 2. The SMILES string of the molecule is CC1CCCC(C)N1C(=O)CSc1nnc(CNc2ccc(Cl)cc2)o1. The lowest BCUT2D eigenvalue weighted by atomic mass is 9.98. The summed E-state index contributed by atoms with van der Waals surface area (Å²) in [7, 11) is 0.